The Morgan fingerprint density at radius 2 is 2.05 bits per heavy atom. The first kappa shape index (κ1) is 13.0. The lowest BCUT2D eigenvalue weighted by atomic mass is 10.1. The summed E-state index contributed by atoms with van der Waals surface area (Å²) >= 11 is 0. The van der Waals surface area contributed by atoms with Gasteiger partial charge in [-0.1, -0.05) is 0 Å². The fourth-order valence-electron chi connectivity index (χ4n) is 1.61. The SMILES string of the molecule is COC(=O)c1cc(-c2ccc(F)c(F)c2OC)n[nH]1. The first-order valence-electron chi connectivity index (χ1n) is 5.24. The molecule has 0 atom stereocenters. The molecule has 1 aromatic carbocycles. The summed E-state index contributed by atoms with van der Waals surface area (Å²) in [6.07, 6.45) is 0. The molecule has 0 aliphatic heterocycles. The maximum Gasteiger partial charge on any atom is 0.356 e. The highest BCUT2D eigenvalue weighted by atomic mass is 19.2. The van der Waals surface area contributed by atoms with Gasteiger partial charge in [-0.3, -0.25) is 5.10 Å². The highest BCUT2D eigenvalue weighted by Crippen LogP contribution is 2.32. The molecular formula is C12H10F2N2O3. The second-order valence-electron chi connectivity index (χ2n) is 3.60. The van der Waals surface area contributed by atoms with Crippen LogP contribution in [-0.4, -0.2) is 30.4 Å². The van der Waals surface area contributed by atoms with Crippen molar-refractivity contribution >= 4 is 5.97 Å². The zero-order valence-corrected chi connectivity index (χ0v) is 10.2. The molecule has 1 N–H and O–H groups in total. The van der Waals surface area contributed by atoms with Crippen LogP contribution in [0.15, 0.2) is 18.2 Å². The van der Waals surface area contributed by atoms with Gasteiger partial charge in [-0.15, -0.1) is 0 Å². The molecule has 0 spiro atoms. The van der Waals surface area contributed by atoms with Crippen molar-refractivity contribution < 1.29 is 23.0 Å². The Morgan fingerprint density at radius 1 is 1.32 bits per heavy atom. The number of hydrogen-bond donors (Lipinski definition) is 1. The molecule has 19 heavy (non-hydrogen) atoms. The molecule has 0 amide bonds. The molecule has 1 aromatic heterocycles. The van der Waals surface area contributed by atoms with Crippen LogP contribution in [0.4, 0.5) is 8.78 Å². The Kier molecular flexibility index (Phi) is 3.46. The molecule has 0 aliphatic carbocycles. The first-order valence-corrected chi connectivity index (χ1v) is 5.24. The number of nitrogens with one attached hydrogen (secondary N) is 1. The number of carbonyl (C=O) groups excluding carboxylic acids is 1. The van der Waals surface area contributed by atoms with E-state index < -0.39 is 17.6 Å². The predicted octanol–water partition coefficient (Wildman–Crippen LogP) is 2.15. The second kappa shape index (κ2) is 5.05. The van der Waals surface area contributed by atoms with Crippen LogP contribution >= 0.6 is 0 Å². The average Bonchev–Trinajstić information content (AvgIpc) is 2.90. The summed E-state index contributed by atoms with van der Waals surface area (Å²) in [5.41, 5.74) is 0.577. The fourth-order valence-corrected chi connectivity index (χ4v) is 1.61. The smallest absolute Gasteiger partial charge is 0.356 e. The summed E-state index contributed by atoms with van der Waals surface area (Å²) in [4.78, 5) is 11.3. The van der Waals surface area contributed by atoms with Crippen molar-refractivity contribution in [3.05, 3.63) is 35.5 Å². The molecule has 2 aromatic rings. The molecule has 7 heteroatoms. The number of aromatic nitrogens is 2. The van der Waals surface area contributed by atoms with Crippen LogP contribution in [0.3, 0.4) is 0 Å². The number of halogens is 2. The van der Waals surface area contributed by atoms with Gasteiger partial charge in [0.1, 0.15) is 5.69 Å². The molecule has 0 fully saturated rings. The molecule has 1 heterocycles. The van der Waals surface area contributed by atoms with E-state index in [2.05, 4.69) is 14.9 Å². The standard InChI is InChI=1S/C12H10F2N2O3/c1-18-11-6(3-4-7(13)10(11)14)8-5-9(16-15-8)12(17)19-2/h3-5H,1-2H3,(H,15,16). The van der Waals surface area contributed by atoms with E-state index in [1.165, 1.54) is 26.4 Å². The van der Waals surface area contributed by atoms with Gasteiger partial charge in [-0.2, -0.15) is 9.49 Å². The lowest BCUT2D eigenvalue weighted by molar-refractivity contribution is 0.0594. The summed E-state index contributed by atoms with van der Waals surface area (Å²) in [7, 11) is 2.44. The fraction of sp³-hybridized carbons (Fsp3) is 0.167. The molecule has 0 radical (unpaired) electrons. The Bertz CT molecular complexity index is 625. The summed E-state index contributed by atoms with van der Waals surface area (Å²) in [5, 5.41) is 6.28. The van der Waals surface area contributed by atoms with E-state index in [4.69, 9.17) is 4.74 Å². The maximum absolute atomic E-state index is 13.6. The van der Waals surface area contributed by atoms with Crippen molar-refractivity contribution in [3.8, 4) is 17.0 Å². The van der Waals surface area contributed by atoms with Crippen molar-refractivity contribution in [2.75, 3.05) is 14.2 Å². The lowest BCUT2D eigenvalue weighted by Crippen LogP contribution is -2.00. The van der Waals surface area contributed by atoms with E-state index in [0.29, 0.717) is 0 Å². The summed E-state index contributed by atoms with van der Waals surface area (Å²) in [6, 6.07) is 3.63. The van der Waals surface area contributed by atoms with E-state index in [0.717, 1.165) is 6.07 Å². The summed E-state index contributed by atoms with van der Waals surface area (Å²) in [6.45, 7) is 0. The van der Waals surface area contributed by atoms with E-state index in [1.807, 2.05) is 0 Å². The van der Waals surface area contributed by atoms with Crippen LogP contribution in [0, 0.1) is 11.6 Å². The van der Waals surface area contributed by atoms with Gasteiger partial charge in [-0.05, 0) is 18.2 Å². The number of hydrogen-bond acceptors (Lipinski definition) is 4. The molecule has 0 saturated carbocycles. The van der Waals surface area contributed by atoms with Gasteiger partial charge >= 0.3 is 5.97 Å². The number of aromatic amines is 1. The minimum atomic E-state index is -1.11. The summed E-state index contributed by atoms with van der Waals surface area (Å²) in [5.74, 6) is -3.02. The van der Waals surface area contributed by atoms with Crippen LogP contribution in [0.25, 0.3) is 11.3 Å². The molecule has 2 rings (SSSR count). The van der Waals surface area contributed by atoms with Gasteiger partial charge in [-0.25, -0.2) is 9.18 Å². The van der Waals surface area contributed by atoms with E-state index in [9.17, 15) is 13.6 Å². The number of ether oxygens (including phenoxy) is 2. The third kappa shape index (κ3) is 2.26. The molecule has 5 nitrogen and oxygen atoms in total. The Balaban J connectivity index is 2.50. The largest absolute Gasteiger partial charge is 0.493 e. The minimum Gasteiger partial charge on any atom is -0.493 e. The van der Waals surface area contributed by atoms with Gasteiger partial charge < -0.3 is 9.47 Å². The number of nitrogens with zero attached hydrogens (tertiary/aromatic N) is 1. The van der Waals surface area contributed by atoms with Crippen molar-refractivity contribution in [1.29, 1.82) is 0 Å². The van der Waals surface area contributed by atoms with E-state index in [-0.39, 0.29) is 22.7 Å². The van der Waals surface area contributed by atoms with E-state index >= 15 is 0 Å². The molecule has 0 unspecified atom stereocenters. The molecular weight excluding hydrogens is 258 g/mol. The zero-order chi connectivity index (χ0) is 14.0. The van der Waals surface area contributed by atoms with Crippen LogP contribution in [0.5, 0.6) is 5.75 Å². The van der Waals surface area contributed by atoms with Crippen LogP contribution in [-0.2, 0) is 4.74 Å². The number of H-pyrrole nitrogens is 1. The minimum absolute atomic E-state index is 0.101. The van der Waals surface area contributed by atoms with Crippen molar-refractivity contribution in [1.82, 2.24) is 10.2 Å². The third-order valence-electron chi connectivity index (χ3n) is 2.51. The number of benzene rings is 1. The quantitative estimate of drug-likeness (QED) is 0.866. The van der Waals surface area contributed by atoms with Gasteiger partial charge in [0, 0.05) is 5.56 Å². The first-order chi connectivity index (χ1) is 9.08. The molecule has 0 aliphatic rings. The molecule has 100 valence electrons. The van der Waals surface area contributed by atoms with Crippen molar-refractivity contribution in [2.24, 2.45) is 0 Å². The van der Waals surface area contributed by atoms with Crippen LogP contribution < -0.4 is 4.74 Å². The number of methoxy groups -OCH3 is 2. The van der Waals surface area contributed by atoms with Crippen molar-refractivity contribution in [3.63, 3.8) is 0 Å². The number of rotatable bonds is 3. The second-order valence-corrected chi connectivity index (χ2v) is 3.60. The third-order valence-corrected chi connectivity index (χ3v) is 2.51. The van der Waals surface area contributed by atoms with Crippen molar-refractivity contribution in [2.45, 2.75) is 0 Å². The molecule has 0 bridgehead atoms. The zero-order valence-electron chi connectivity index (χ0n) is 10.2. The Labute approximate surface area is 107 Å². The van der Waals surface area contributed by atoms with Gasteiger partial charge in [0.05, 0.1) is 19.9 Å². The van der Waals surface area contributed by atoms with E-state index in [1.54, 1.807) is 0 Å². The van der Waals surface area contributed by atoms with Gasteiger partial charge in [0.25, 0.3) is 0 Å². The van der Waals surface area contributed by atoms with Crippen LogP contribution in [0.2, 0.25) is 0 Å². The maximum atomic E-state index is 13.6. The highest BCUT2D eigenvalue weighted by Gasteiger charge is 2.19. The topological polar surface area (TPSA) is 64.2 Å². The van der Waals surface area contributed by atoms with Gasteiger partial charge in [0.15, 0.2) is 11.6 Å². The molecule has 0 saturated heterocycles. The summed E-state index contributed by atoms with van der Waals surface area (Å²) < 4.78 is 36.0. The Hall–Kier alpha value is -2.44. The number of carbonyl (C=O) groups is 1. The average molecular weight is 268 g/mol. The normalized spacial score (nSPS) is 10.3. The Morgan fingerprint density at radius 3 is 2.68 bits per heavy atom. The highest BCUT2D eigenvalue weighted by molar-refractivity contribution is 5.88. The lowest BCUT2D eigenvalue weighted by Gasteiger charge is -2.07. The van der Waals surface area contributed by atoms with Gasteiger partial charge in [0.2, 0.25) is 5.82 Å². The van der Waals surface area contributed by atoms with Crippen LogP contribution in [0.1, 0.15) is 10.5 Å². The monoisotopic (exact) mass is 268 g/mol. The predicted molar refractivity (Wildman–Crippen MR) is 61.8 cm³/mol. The number of esters is 1.